The van der Waals surface area contributed by atoms with E-state index in [1.807, 2.05) is 4.57 Å². The third-order valence-electron chi connectivity index (χ3n) is 3.81. The minimum atomic E-state index is -0.271. The van der Waals surface area contributed by atoms with Crippen LogP contribution in [0.15, 0.2) is 24.5 Å². The fourth-order valence-corrected chi connectivity index (χ4v) is 2.70. The SMILES string of the molecule is COC(=O)C1CC(Cn2cnc3cc(F)ccc32)C1. The van der Waals surface area contributed by atoms with Crippen molar-refractivity contribution in [2.75, 3.05) is 7.11 Å². The molecular formula is C14H15FN2O2. The van der Waals surface area contributed by atoms with Crippen LogP contribution >= 0.6 is 0 Å². The summed E-state index contributed by atoms with van der Waals surface area (Å²) in [4.78, 5) is 15.5. The van der Waals surface area contributed by atoms with E-state index >= 15 is 0 Å². The van der Waals surface area contributed by atoms with Crippen LogP contribution in [0.2, 0.25) is 0 Å². The van der Waals surface area contributed by atoms with Gasteiger partial charge in [-0.05, 0) is 30.9 Å². The summed E-state index contributed by atoms with van der Waals surface area (Å²) in [5, 5.41) is 0. The van der Waals surface area contributed by atoms with Gasteiger partial charge in [0.05, 0.1) is 30.4 Å². The van der Waals surface area contributed by atoms with Gasteiger partial charge in [-0.3, -0.25) is 4.79 Å². The number of halogens is 1. The zero-order valence-corrected chi connectivity index (χ0v) is 10.7. The van der Waals surface area contributed by atoms with Gasteiger partial charge in [0.25, 0.3) is 0 Å². The maximum absolute atomic E-state index is 13.1. The largest absolute Gasteiger partial charge is 0.469 e. The molecule has 0 unspecified atom stereocenters. The fourth-order valence-electron chi connectivity index (χ4n) is 2.70. The lowest BCUT2D eigenvalue weighted by atomic mass is 9.75. The van der Waals surface area contributed by atoms with Gasteiger partial charge < -0.3 is 9.30 Å². The van der Waals surface area contributed by atoms with Crippen molar-refractivity contribution in [1.29, 1.82) is 0 Å². The van der Waals surface area contributed by atoms with Gasteiger partial charge in [-0.1, -0.05) is 0 Å². The Kier molecular flexibility index (Phi) is 2.97. The van der Waals surface area contributed by atoms with Gasteiger partial charge in [-0.15, -0.1) is 0 Å². The lowest BCUT2D eigenvalue weighted by molar-refractivity contribution is -0.150. The van der Waals surface area contributed by atoms with Gasteiger partial charge in [0.15, 0.2) is 0 Å². The average Bonchev–Trinajstić information content (AvgIpc) is 2.74. The van der Waals surface area contributed by atoms with Crippen LogP contribution in [-0.4, -0.2) is 22.6 Å². The minimum Gasteiger partial charge on any atom is -0.469 e. The second-order valence-electron chi connectivity index (χ2n) is 5.09. The Labute approximate surface area is 110 Å². The van der Waals surface area contributed by atoms with E-state index in [4.69, 9.17) is 4.74 Å². The van der Waals surface area contributed by atoms with E-state index < -0.39 is 0 Å². The highest BCUT2D eigenvalue weighted by Gasteiger charge is 2.35. The quantitative estimate of drug-likeness (QED) is 0.798. The minimum absolute atomic E-state index is 0.0437. The number of benzene rings is 1. The Morgan fingerprint density at radius 3 is 3.05 bits per heavy atom. The lowest BCUT2D eigenvalue weighted by Crippen LogP contribution is -2.33. The molecule has 1 aromatic heterocycles. The van der Waals surface area contributed by atoms with Crippen LogP contribution in [0, 0.1) is 17.7 Å². The van der Waals surface area contributed by atoms with E-state index in [-0.39, 0.29) is 17.7 Å². The number of imidazole rings is 1. The summed E-state index contributed by atoms with van der Waals surface area (Å²) in [7, 11) is 1.42. The number of hydrogen-bond acceptors (Lipinski definition) is 3. The molecule has 1 aromatic carbocycles. The highest BCUT2D eigenvalue weighted by atomic mass is 19.1. The number of fused-ring (bicyclic) bond motifs is 1. The second-order valence-corrected chi connectivity index (χ2v) is 5.09. The summed E-state index contributed by atoms with van der Waals surface area (Å²) in [6, 6.07) is 4.62. The van der Waals surface area contributed by atoms with Crippen LogP contribution in [0.3, 0.4) is 0 Å². The molecule has 4 nitrogen and oxygen atoms in total. The van der Waals surface area contributed by atoms with E-state index in [0.29, 0.717) is 11.4 Å². The van der Waals surface area contributed by atoms with Gasteiger partial charge in [0.1, 0.15) is 5.82 Å². The van der Waals surface area contributed by atoms with Crippen molar-refractivity contribution < 1.29 is 13.9 Å². The van der Waals surface area contributed by atoms with Crippen LogP contribution < -0.4 is 0 Å². The number of ether oxygens (including phenoxy) is 1. The molecular weight excluding hydrogens is 247 g/mol. The van der Waals surface area contributed by atoms with Crippen molar-refractivity contribution >= 4 is 17.0 Å². The molecule has 0 saturated heterocycles. The third kappa shape index (κ3) is 2.20. The highest BCUT2D eigenvalue weighted by Crippen LogP contribution is 2.36. The number of rotatable bonds is 3. The molecule has 2 aromatic rings. The molecule has 1 aliphatic rings. The Balaban J connectivity index is 1.69. The molecule has 0 aliphatic heterocycles. The maximum Gasteiger partial charge on any atom is 0.308 e. The van der Waals surface area contributed by atoms with Crippen LogP contribution in [0.5, 0.6) is 0 Å². The molecule has 1 aliphatic carbocycles. The predicted octanol–water partition coefficient (Wildman–Crippen LogP) is 2.37. The van der Waals surface area contributed by atoms with Gasteiger partial charge in [0, 0.05) is 12.6 Å². The van der Waals surface area contributed by atoms with Crippen molar-refractivity contribution in [2.24, 2.45) is 11.8 Å². The first-order chi connectivity index (χ1) is 9.17. The van der Waals surface area contributed by atoms with Crippen molar-refractivity contribution in [3.8, 4) is 0 Å². The summed E-state index contributed by atoms with van der Waals surface area (Å²) in [6.45, 7) is 0.815. The number of carbonyl (C=O) groups is 1. The van der Waals surface area contributed by atoms with Crippen LogP contribution in [-0.2, 0) is 16.1 Å². The average molecular weight is 262 g/mol. The summed E-state index contributed by atoms with van der Waals surface area (Å²) < 4.78 is 19.8. The Bertz CT molecular complexity index is 617. The monoisotopic (exact) mass is 262 g/mol. The van der Waals surface area contributed by atoms with E-state index in [2.05, 4.69) is 4.98 Å². The second kappa shape index (κ2) is 4.64. The zero-order chi connectivity index (χ0) is 13.4. The topological polar surface area (TPSA) is 44.1 Å². The van der Waals surface area contributed by atoms with Crippen molar-refractivity contribution in [2.45, 2.75) is 19.4 Å². The molecule has 0 spiro atoms. The summed E-state index contributed by atoms with van der Waals surface area (Å²) in [6.07, 6.45) is 3.44. The molecule has 0 amide bonds. The summed E-state index contributed by atoms with van der Waals surface area (Å²) in [5.41, 5.74) is 1.60. The van der Waals surface area contributed by atoms with Crippen LogP contribution in [0.4, 0.5) is 4.39 Å². The number of esters is 1. The van der Waals surface area contributed by atoms with E-state index in [0.717, 1.165) is 24.9 Å². The number of nitrogens with zero attached hydrogens (tertiary/aromatic N) is 2. The standard InChI is InChI=1S/C14H15FN2O2/c1-19-14(18)10-4-9(5-10)7-17-8-16-12-6-11(15)2-3-13(12)17/h2-3,6,8-10H,4-5,7H2,1H3. The van der Waals surface area contributed by atoms with Gasteiger partial charge in [0.2, 0.25) is 0 Å². The zero-order valence-electron chi connectivity index (χ0n) is 10.7. The van der Waals surface area contributed by atoms with E-state index in [9.17, 15) is 9.18 Å². The molecule has 0 atom stereocenters. The van der Waals surface area contributed by atoms with Crippen molar-refractivity contribution in [3.63, 3.8) is 0 Å². The highest BCUT2D eigenvalue weighted by molar-refractivity contribution is 5.75. The van der Waals surface area contributed by atoms with E-state index in [1.165, 1.54) is 19.2 Å². The maximum atomic E-state index is 13.1. The van der Waals surface area contributed by atoms with Gasteiger partial charge in [-0.2, -0.15) is 0 Å². The number of aromatic nitrogens is 2. The molecule has 1 saturated carbocycles. The van der Waals surface area contributed by atoms with Crippen molar-refractivity contribution in [3.05, 3.63) is 30.3 Å². The first-order valence-corrected chi connectivity index (χ1v) is 6.35. The molecule has 0 radical (unpaired) electrons. The number of hydrogen-bond donors (Lipinski definition) is 0. The molecule has 3 rings (SSSR count). The first kappa shape index (κ1) is 12.1. The van der Waals surface area contributed by atoms with Crippen LogP contribution in [0.1, 0.15) is 12.8 Å². The molecule has 1 heterocycles. The molecule has 100 valence electrons. The molecule has 0 bridgehead atoms. The Morgan fingerprint density at radius 1 is 1.53 bits per heavy atom. The molecule has 5 heteroatoms. The fraction of sp³-hybridized carbons (Fsp3) is 0.429. The molecule has 0 N–H and O–H groups in total. The molecule has 19 heavy (non-hydrogen) atoms. The van der Waals surface area contributed by atoms with Gasteiger partial charge in [-0.25, -0.2) is 9.37 Å². The lowest BCUT2D eigenvalue weighted by Gasteiger charge is -2.33. The smallest absolute Gasteiger partial charge is 0.308 e. The van der Waals surface area contributed by atoms with Crippen LogP contribution in [0.25, 0.3) is 11.0 Å². The Morgan fingerprint density at radius 2 is 2.32 bits per heavy atom. The normalized spacial score (nSPS) is 22.2. The third-order valence-corrected chi connectivity index (χ3v) is 3.81. The first-order valence-electron chi connectivity index (χ1n) is 6.35. The summed E-state index contributed by atoms with van der Waals surface area (Å²) in [5.74, 6) is 0.120. The number of methoxy groups -OCH3 is 1. The number of carbonyl (C=O) groups excluding carboxylic acids is 1. The summed E-state index contributed by atoms with van der Waals surface area (Å²) >= 11 is 0. The molecule has 1 fully saturated rings. The van der Waals surface area contributed by atoms with E-state index in [1.54, 1.807) is 12.4 Å². The predicted molar refractivity (Wildman–Crippen MR) is 67.9 cm³/mol. The Hall–Kier alpha value is -1.91. The van der Waals surface area contributed by atoms with Crippen molar-refractivity contribution in [1.82, 2.24) is 9.55 Å². The van der Waals surface area contributed by atoms with Gasteiger partial charge >= 0.3 is 5.97 Å².